The Morgan fingerprint density at radius 1 is 1.35 bits per heavy atom. The Hall–Kier alpha value is -1.26. The van der Waals surface area contributed by atoms with Gasteiger partial charge in [-0.15, -0.1) is 0 Å². The molecule has 0 heterocycles. The summed E-state index contributed by atoms with van der Waals surface area (Å²) < 4.78 is 0. The van der Waals surface area contributed by atoms with Crippen molar-refractivity contribution in [2.45, 2.75) is 45.6 Å². The molecule has 5 nitrogen and oxygen atoms in total. The Labute approximate surface area is 102 Å². The number of carboxylic acids is 1. The number of amides is 2. The molecule has 0 aromatic heterocycles. The van der Waals surface area contributed by atoms with Crippen molar-refractivity contribution in [1.82, 2.24) is 10.2 Å². The van der Waals surface area contributed by atoms with Crippen molar-refractivity contribution in [2.75, 3.05) is 13.6 Å². The van der Waals surface area contributed by atoms with Crippen LogP contribution in [0.3, 0.4) is 0 Å². The van der Waals surface area contributed by atoms with E-state index in [4.69, 9.17) is 0 Å². The van der Waals surface area contributed by atoms with Crippen LogP contribution in [0.4, 0.5) is 4.79 Å². The topological polar surface area (TPSA) is 69.6 Å². The molecule has 17 heavy (non-hydrogen) atoms. The summed E-state index contributed by atoms with van der Waals surface area (Å²) in [6.45, 7) is 3.88. The molecule has 1 rings (SSSR count). The summed E-state index contributed by atoms with van der Waals surface area (Å²) >= 11 is 0. The summed E-state index contributed by atoms with van der Waals surface area (Å²) in [7, 11) is 1.76. The summed E-state index contributed by atoms with van der Waals surface area (Å²) in [4.78, 5) is 24.7. The third-order valence-electron chi connectivity index (χ3n) is 3.80. The molecule has 0 unspecified atom stereocenters. The summed E-state index contributed by atoms with van der Waals surface area (Å²) in [6.07, 6.45) is 3.14. The van der Waals surface area contributed by atoms with Crippen LogP contribution in [0.25, 0.3) is 0 Å². The first-order valence-electron chi connectivity index (χ1n) is 6.21. The number of nitrogens with zero attached hydrogens (tertiary/aromatic N) is 1. The highest BCUT2D eigenvalue weighted by Gasteiger charge is 2.36. The minimum Gasteiger partial charge on any atom is -0.481 e. The van der Waals surface area contributed by atoms with E-state index in [0.29, 0.717) is 18.9 Å². The molecular formula is C12H22N2O3. The highest BCUT2D eigenvalue weighted by Crippen LogP contribution is 2.27. The Bertz CT molecular complexity index is 296. The number of nitrogens with one attached hydrogen (secondary N) is 1. The second-order valence-corrected chi connectivity index (χ2v) is 4.79. The Kier molecular flexibility index (Phi) is 4.37. The van der Waals surface area contributed by atoms with Gasteiger partial charge in [-0.3, -0.25) is 4.79 Å². The van der Waals surface area contributed by atoms with Gasteiger partial charge >= 0.3 is 12.0 Å². The first kappa shape index (κ1) is 13.8. The lowest BCUT2D eigenvalue weighted by Crippen LogP contribution is -2.46. The second kappa shape index (κ2) is 5.38. The third kappa shape index (κ3) is 3.11. The molecular weight excluding hydrogens is 220 g/mol. The summed E-state index contributed by atoms with van der Waals surface area (Å²) in [5.41, 5.74) is -0.833. The molecule has 5 heteroatoms. The molecule has 0 saturated heterocycles. The third-order valence-corrected chi connectivity index (χ3v) is 3.80. The molecule has 0 aromatic carbocycles. The van der Waals surface area contributed by atoms with E-state index < -0.39 is 11.4 Å². The number of carboxylic acid groups (broad SMARTS) is 1. The van der Waals surface area contributed by atoms with Gasteiger partial charge in [0.15, 0.2) is 0 Å². The monoisotopic (exact) mass is 242 g/mol. The quantitative estimate of drug-likeness (QED) is 0.744. The standard InChI is InChI=1S/C12H22N2O3/c1-4-12(5-2,10(15)16)8-13-11(17)14(3)9-6-7-9/h9H,4-8H2,1-3H3,(H,13,17)(H,15,16). The van der Waals surface area contributed by atoms with Gasteiger partial charge in [-0.05, 0) is 25.7 Å². The van der Waals surface area contributed by atoms with Crippen LogP contribution in [0.15, 0.2) is 0 Å². The summed E-state index contributed by atoms with van der Waals surface area (Å²) in [5, 5.41) is 12.0. The van der Waals surface area contributed by atoms with Crippen LogP contribution in [-0.2, 0) is 4.79 Å². The van der Waals surface area contributed by atoms with Crippen LogP contribution in [0.5, 0.6) is 0 Å². The van der Waals surface area contributed by atoms with Crippen molar-refractivity contribution in [2.24, 2.45) is 5.41 Å². The predicted octanol–water partition coefficient (Wildman–Crippen LogP) is 1.68. The van der Waals surface area contributed by atoms with E-state index in [9.17, 15) is 14.7 Å². The van der Waals surface area contributed by atoms with Crippen LogP contribution >= 0.6 is 0 Å². The average molecular weight is 242 g/mol. The average Bonchev–Trinajstić information content (AvgIpc) is 3.13. The van der Waals surface area contributed by atoms with Crippen molar-refractivity contribution in [3.63, 3.8) is 0 Å². The fraction of sp³-hybridized carbons (Fsp3) is 0.833. The smallest absolute Gasteiger partial charge is 0.317 e. The predicted molar refractivity (Wildman–Crippen MR) is 64.8 cm³/mol. The maximum atomic E-state index is 11.7. The maximum Gasteiger partial charge on any atom is 0.317 e. The van der Waals surface area contributed by atoms with Gasteiger partial charge in [0.05, 0.1) is 5.41 Å². The molecule has 2 N–H and O–H groups in total. The lowest BCUT2D eigenvalue weighted by molar-refractivity contribution is -0.149. The fourth-order valence-corrected chi connectivity index (χ4v) is 1.88. The van der Waals surface area contributed by atoms with Gasteiger partial charge in [0, 0.05) is 19.6 Å². The number of hydrogen-bond donors (Lipinski definition) is 2. The number of carbonyl (C=O) groups is 2. The highest BCUT2D eigenvalue weighted by atomic mass is 16.4. The minimum absolute atomic E-state index is 0.167. The molecule has 0 bridgehead atoms. The molecule has 0 spiro atoms. The minimum atomic E-state index is -0.836. The lowest BCUT2D eigenvalue weighted by Gasteiger charge is -2.28. The van der Waals surface area contributed by atoms with Gasteiger partial charge in [-0.25, -0.2) is 4.79 Å². The van der Waals surface area contributed by atoms with Crippen LogP contribution in [0, 0.1) is 5.41 Å². The van der Waals surface area contributed by atoms with Crippen LogP contribution in [0.1, 0.15) is 39.5 Å². The van der Waals surface area contributed by atoms with E-state index in [-0.39, 0.29) is 12.6 Å². The van der Waals surface area contributed by atoms with Gasteiger partial charge in [0.1, 0.15) is 0 Å². The van der Waals surface area contributed by atoms with Crippen LogP contribution in [-0.4, -0.2) is 41.6 Å². The number of aliphatic carboxylic acids is 1. The normalized spacial score (nSPS) is 15.5. The van der Waals surface area contributed by atoms with E-state index >= 15 is 0 Å². The maximum absolute atomic E-state index is 11.7. The molecule has 1 aliphatic rings. The second-order valence-electron chi connectivity index (χ2n) is 4.79. The molecule has 1 saturated carbocycles. The zero-order chi connectivity index (χ0) is 13.1. The molecule has 2 amide bonds. The molecule has 1 aliphatic carbocycles. The number of carbonyl (C=O) groups excluding carboxylic acids is 1. The van der Waals surface area contributed by atoms with Gasteiger partial charge in [0.25, 0.3) is 0 Å². The van der Waals surface area contributed by atoms with E-state index in [1.807, 2.05) is 13.8 Å². The zero-order valence-electron chi connectivity index (χ0n) is 10.8. The van der Waals surface area contributed by atoms with E-state index in [1.165, 1.54) is 0 Å². The summed E-state index contributed by atoms with van der Waals surface area (Å²) in [6, 6.07) is 0.178. The SMILES string of the molecule is CCC(CC)(CNC(=O)N(C)C1CC1)C(=O)O. The van der Waals surface area contributed by atoms with Crippen molar-refractivity contribution < 1.29 is 14.7 Å². The van der Waals surface area contributed by atoms with Crippen molar-refractivity contribution in [3.05, 3.63) is 0 Å². The molecule has 98 valence electrons. The van der Waals surface area contributed by atoms with Gasteiger partial charge < -0.3 is 15.3 Å². The zero-order valence-corrected chi connectivity index (χ0v) is 10.8. The highest BCUT2D eigenvalue weighted by molar-refractivity contribution is 5.78. The van der Waals surface area contributed by atoms with Crippen LogP contribution < -0.4 is 5.32 Å². The first-order chi connectivity index (χ1) is 7.96. The van der Waals surface area contributed by atoms with E-state index in [1.54, 1.807) is 11.9 Å². The van der Waals surface area contributed by atoms with Crippen molar-refractivity contribution in [1.29, 1.82) is 0 Å². The van der Waals surface area contributed by atoms with E-state index in [2.05, 4.69) is 5.32 Å². The molecule has 0 aromatic rings. The lowest BCUT2D eigenvalue weighted by atomic mass is 9.82. The Balaban J connectivity index is 2.51. The number of rotatable bonds is 6. The van der Waals surface area contributed by atoms with Crippen molar-refractivity contribution >= 4 is 12.0 Å². The van der Waals surface area contributed by atoms with Gasteiger partial charge in [0.2, 0.25) is 0 Å². The summed E-state index contributed by atoms with van der Waals surface area (Å²) in [5.74, 6) is -0.836. The largest absolute Gasteiger partial charge is 0.481 e. The van der Waals surface area contributed by atoms with Crippen LogP contribution in [0.2, 0.25) is 0 Å². The van der Waals surface area contributed by atoms with Gasteiger partial charge in [-0.1, -0.05) is 13.8 Å². The molecule has 1 fully saturated rings. The molecule has 0 aliphatic heterocycles. The fourth-order valence-electron chi connectivity index (χ4n) is 1.88. The Morgan fingerprint density at radius 2 is 1.88 bits per heavy atom. The number of urea groups is 1. The first-order valence-corrected chi connectivity index (χ1v) is 6.21. The van der Waals surface area contributed by atoms with Gasteiger partial charge in [-0.2, -0.15) is 0 Å². The Morgan fingerprint density at radius 3 is 2.24 bits per heavy atom. The van der Waals surface area contributed by atoms with Crippen molar-refractivity contribution in [3.8, 4) is 0 Å². The van der Waals surface area contributed by atoms with E-state index in [0.717, 1.165) is 12.8 Å². The molecule has 0 atom stereocenters. The number of hydrogen-bond acceptors (Lipinski definition) is 2. The molecule has 0 radical (unpaired) electrons.